The van der Waals surface area contributed by atoms with Crippen molar-refractivity contribution in [2.24, 2.45) is 40.9 Å². The van der Waals surface area contributed by atoms with E-state index < -0.39 is 29.3 Å². The monoisotopic (exact) mass is 827 g/mol. The lowest BCUT2D eigenvalue weighted by atomic mass is 9.45. The molecule has 0 saturated heterocycles. The van der Waals surface area contributed by atoms with Crippen LogP contribution in [0.4, 0.5) is 0 Å². The average molecular weight is 827 g/mol. The smallest absolute Gasteiger partial charge is 0.145 e. The second-order valence-corrected chi connectivity index (χ2v) is 19.0. The Labute approximate surface area is 359 Å². The quantitative estimate of drug-likeness (QED) is 0.0458. The predicted molar refractivity (Wildman–Crippen MR) is 239 cm³/mol. The van der Waals surface area contributed by atoms with E-state index >= 15 is 0 Å². The molecule has 4 bridgehead atoms. The van der Waals surface area contributed by atoms with Gasteiger partial charge in [0.05, 0.1) is 18.3 Å². The van der Waals surface area contributed by atoms with Crippen LogP contribution in [0.3, 0.4) is 0 Å². The summed E-state index contributed by atoms with van der Waals surface area (Å²) in [6, 6.07) is 8.88. The van der Waals surface area contributed by atoms with Crippen molar-refractivity contribution in [1.82, 2.24) is 10.6 Å². The Morgan fingerprint density at radius 1 is 1.10 bits per heavy atom. The van der Waals surface area contributed by atoms with Gasteiger partial charge in [-0.2, -0.15) is 0 Å². The minimum Gasteiger partial charge on any atom is -0.396 e. The number of aliphatic hydroxyl groups is 5. The first kappa shape index (κ1) is 46.5. The maximum absolute atomic E-state index is 12.8. The molecule has 6 rings (SSSR count). The second-order valence-electron chi connectivity index (χ2n) is 19.0. The van der Waals surface area contributed by atoms with Crippen LogP contribution in [0.2, 0.25) is 0 Å². The summed E-state index contributed by atoms with van der Waals surface area (Å²) in [4.78, 5) is 12.4. The van der Waals surface area contributed by atoms with Crippen LogP contribution in [0.15, 0.2) is 95.2 Å². The fraction of sp³-hybridized carbons (Fsp3) is 0.627. The molecule has 1 aromatic carbocycles. The van der Waals surface area contributed by atoms with Crippen LogP contribution >= 0.6 is 0 Å². The highest BCUT2D eigenvalue weighted by Gasteiger charge is 2.68. The first-order valence-electron chi connectivity index (χ1n) is 22.8. The van der Waals surface area contributed by atoms with Crippen LogP contribution in [0.5, 0.6) is 0 Å². The molecule has 5 aliphatic rings. The number of aldehydes is 1. The number of nitrogens with one attached hydrogen (secondary N) is 2. The fourth-order valence-corrected chi connectivity index (χ4v) is 12.5. The summed E-state index contributed by atoms with van der Waals surface area (Å²) in [5.41, 5.74) is 4.13. The lowest BCUT2D eigenvalue weighted by Gasteiger charge is -2.61. The van der Waals surface area contributed by atoms with Gasteiger partial charge in [-0.25, -0.2) is 0 Å². The zero-order valence-electron chi connectivity index (χ0n) is 36.8. The van der Waals surface area contributed by atoms with E-state index in [4.69, 9.17) is 4.74 Å². The lowest BCUT2D eigenvalue weighted by Crippen LogP contribution is -2.65. The van der Waals surface area contributed by atoms with E-state index in [9.17, 15) is 30.3 Å². The molecular formula is C51H74N2O7. The molecule has 0 amide bonds. The van der Waals surface area contributed by atoms with E-state index in [2.05, 4.69) is 59.7 Å². The van der Waals surface area contributed by atoms with Crippen molar-refractivity contribution in [1.29, 1.82) is 0 Å². The van der Waals surface area contributed by atoms with Crippen LogP contribution in [0, 0.1) is 40.9 Å². The Kier molecular flexibility index (Phi) is 15.9. The van der Waals surface area contributed by atoms with E-state index in [1.807, 2.05) is 39.1 Å². The number of benzene rings is 1. The first-order valence-corrected chi connectivity index (χ1v) is 22.8. The maximum Gasteiger partial charge on any atom is 0.145 e. The van der Waals surface area contributed by atoms with Crippen molar-refractivity contribution in [3.8, 4) is 0 Å². The Hall–Kier alpha value is -2.99. The molecule has 3 saturated carbocycles. The molecule has 1 spiro atoms. The number of fused-ring (bicyclic) bond motifs is 5. The van der Waals surface area contributed by atoms with Gasteiger partial charge in [-0.1, -0.05) is 91.3 Å². The summed E-state index contributed by atoms with van der Waals surface area (Å²) in [6.45, 7) is 9.27. The number of aliphatic hydroxyl groups excluding tert-OH is 4. The summed E-state index contributed by atoms with van der Waals surface area (Å²) in [5, 5.41) is 65.2. The first-order chi connectivity index (χ1) is 28.9. The summed E-state index contributed by atoms with van der Waals surface area (Å²) in [5.74, 6) is -0.497. The highest BCUT2D eigenvalue weighted by Crippen LogP contribution is 2.67. The molecule has 9 nitrogen and oxygen atoms in total. The van der Waals surface area contributed by atoms with E-state index in [-0.39, 0.29) is 42.4 Å². The van der Waals surface area contributed by atoms with Crippen LogP contribution in [-0.2, 0) is 22.4 Å². The van der Waals surface area contributed by atoms with Crippen LogP contribution in [-0.4, -0.2) is 95.8 Å². The number of carbonyl (C=O) groups excluding carboxylic acids is 1. The normalized spacial score (nSPS) is 36.0. The minimum atomic E-state index is -1.24. The van der Waals surface area contributed by atoms with Crippen molar-refractivity contribution >= 4 is 6.29 Å². The van der Waals surface area contributed by atoms with Crippen molar-refractivity contribution in [2.75, 3.05) is 40.5 Å². The van der Waals surface area contributed by atoms with Gasteiger partial charge < -0.3 is 35.6 Å². The Morgan fingerprint density at radius 3 is 2.57 bits per heavy atom. The zero-order chi connectivity index (χ0) is 43.1. The molecule has 0 radical (unpaired) electrons. The van der Waals surface area contributed by atoms with Crippen LogP contribution < -0.4 is 10.6 Å². The van der Waals surface area contributed by atoms with Crippen molar-refractivity contribution in [2.45, 2.75) is 121 Å². The zero-order valence-corrected chi connectivity index (χ0v) is 36.8. The third-order valence-electron chi connectivity index (χ3n) is 15.7. The molecule has 1 aromatic rings. The Morgan fingerprint density at radius 2 is 1.87 bits per heavy atom. The lowest BCUT2D eigenvalue weighted by molar-refractivity contribution is -0.194. The van der Waals surface area contributed by atoms with E-state index in [0.29, 0.717) is 68.7 Å². The number of carbonyl (C=O) groups is 1. The Balaban J connectivity index is 1.27. The summed E-state index contributed by atoms with van der Waals surface area (Å²) in [7, 11) is 3.61. The third kappa shape index (κ3) is 9.35. The SMILES string of the molecule is C=C(C=CC=C(CO)C1CCC2(C1O)C1C(=C(C)C=O)C(C=CC1CCO)CC2(O)CCNC)C1CC=C(C)C(O)NC(CCOC)(C2CCCC2)Cc2cccc(c2)C1. The van der Waals surface area contributed by atoms with Gasteiger partial charge in [0.25, 0.3) is 0 Å². The second kappa shape index (κ2) is 20.5. The summed E-state index contributed by atoms with van der Waals surface area (Å²) >= 11 is 0. The standard InChI is InChI=1S/C51H74N2O7/c1-34(40-17-16-35(2)48(58)53-49(24-27-60-5,43-14-6-7-15-43)30-38-12-9-11-37(28-38)29-40)10-8-13-42(33-56)44-20-22-51(47(44)57)46-39(21-26-54)18-19-41(45(46)36(3)32-55)31-50(51,59)23-25-52-4/h8-13,16,18-19,28,32,39-41,43-44,46-48,52-54,56-59H,1,6-7,14-15,17,20-27,29-31,33H2,2-5H3. The number of allylic oxidation sites excluding steroid dienone is 9. The van der Waals surface area contributed by atoms with Gasteiger partial charge in [0.1, 0.15) is 12.5 Å². The van der Waals surface area contributed by atoms with Gasteiger partial charge in [0, 0.05) is 43.1 Å². The van der Waals surface area contributed by atoms with E-state index in [1.54, 1.807) is 7.11 Å². The van der Waals surface area contributed by atoms with Crippen LogP contribution in [0.1, 0.15) is 95.6 Å². The van der Waals surface area contributed by atoms with E-state index in [0.717, 1.165) is 55.1 Å². The van der Waals surface area contributed by atoms with Crippen molar-refractivity contribution in [3.05, 3.63) is 106 Å². The third-order valence-corrected chi connectivity index (χ3v) is 15.7. The molecule has 1 aliphatic heterocycles. The molecule has 10 unspecified atom stereocenters. The van der Waals surface area contributed by atoms with Gasteiger partial charge in [0.2, 0.25) is 0 Å². The Bertz CT molecular complexity index is 1810. The molecule has 60 heavy (non-hydrogen) atoms. The van der Waals surface area contributed by atoms with Gasteiger partial charge in [0.15, 0.2) is 0 Å². The number of hydrogen-bond acceptors (Lipinski definition) is 9. The minimum absolute atomic E-state index is 0.0418. The molecule has 3 fully saturated rings. The van der Waals surface area contributed by atoms with Crippen molar-refractivity contribution in [3.63, 3.8) is 0 Å². The highest BCUT2D eigenvalue weighted by atomic mass is 16.5. The number of ether oxygens (including phenoxy) is 1. The predicted octanol–water partition coefficient (Wildman–Crippen LogP) is 6.46. The molecule has 1 heterocycles. The molecule has 4 aliphatic carbocycles. The maximum atomic E-state index is 12.8. The van der Waals surface area contributed by atoms with Gasteiger partial charge >= 0.3 is 0 Å². The van der Waals surface area contributed by atoms with Gasteiger partial charge in [-0.15, -0.1) is 0 Å². The number of hydrogen-bond donors (Lipinski definition) is 7. The molecular weight excluding hydrogens is 753 g/mol. The molecule has 10 atom stereocenters. The summed E-state index contributed by atoms with van der Waals surface area (Å²) in [6.07, 6.45) is 21.6. The number of methoxy groups -OCH3 is 1. The summed E-state index contributed by atoms with van der Waals surface area (Å²) < 4.78 is 5.62. The van der Waals surface area contributed by atoms with E-state index in [1.165, 1.54) is 24.0 Å². The highest BCUT2D eigenvalue weighted by molar-refractivity contribution is 5.74. The van der Waals surface area contributed by atoms with Crippen molar-refractivity contribution < 1.29 is 35.1 Å². The molecule has 330 valence electrons. The molecule has 9 heteroatoms. The average Bonchev–Trinajstić information content (AvgIpc) is 3.91. The molecule has 7 N–H and O–H groups in total. The largest absolute Gasteiger partial charge is 0.396 e. The van der Waals surface area contributed by atoms with Gasteiger partial charge in [-0.3, -0.25) is 10.1 Å². The fourth-order valence-electron chi connectivity index (χ4n) is 12.5. The molecule has 0 aromatic heterocycles. The van der Waals surface area contributed by atoms with Crippen LogP contribution in [0.25, 0.3) is 0 Å². The number of rotatable bonds is 15. The topological polar surface area (TPSA) is 152 Å². The van der Waals surface area contributed by atoms with Gasteiger partial charge in [-0.05, 0) is 150 Å².